The van der Waals surface area contributed by atoms with E-state index in [0.717, 1.165) is 116 Å². The lowest BCUT2D eigenvalue weighted by atomic mass is 10.0. The maximum Gasteiger partial charge on any atom is 0.472 e. The first-order valence-electron chi connectivity index (χ1n) is 35.1. The van der Waals surface area contributed by atoms with Crippen LogP contribution in [0, 0.1) is 0 Å². The Morgan fingerprint density at radius 1 is 0.322 bits per heavy atom. The molecule has 17 nitrogen and oxygen atoms in total. The topological polar surface area (TPSA) is 237 Å². The molecule has 0 amide bonds. The Kier molecular flexibility index (Phi) is 60.6. The number of carbonyl (C=O) groups excluding carboxylic acids is 4. The number of unbranched alkanes of at least 4 members (excludes halogenated alkanes) is 38. The number of ether oxygens (including phenoxy) is 4. The van der Waals surface area contributed by atoms with Gasteiger partial charge in [0.25, 0.3) is 0 Å². The molecule has 19 heteroatoms. The molecule has 0 radical (unpaired) electrons. The Morgan fingerprint density at radius 3 is 0.839 bits per heavy atom. The fraction of sp³-hybridized carbons (Fsp3) is 0.882. The molecule has 0 aromatic carbocycles. The molecule has 0 rings (SSSR count). The molecule has 512 valence electrons. The SMILES string of the molecule is CCCCCC/C=C\C=C/CCCCCCCC(=O)O[C@H](COC(=O)CCCCCCCCCCCCCCCCC)COP(=O)(O)OC[C@@H](O)COP(=O)(O)OC[C@@H](COC(=O)CCCCCCCCC)OC(=O)CCCCCCCCCCCC. The van der Waals surface area contributed by atoms with E-state index in [1.807, 2.05) is 0 Å². The standard InChI is InChI=1S/C68H128O17P2/c1-5-9-13-17-21-24-27-29-31-33-35-38-41-45-49-53-66(71)79-59-64(85-68(73)55-51-47-43-39-36-34-32-30-28-25-22-18-14-10-6-2)61-83-87(76,77)81-57-62(69)56-80-86(74,75)82-60-63(58-78-65(70)52-48-44-40-20-16-12-8-4)84-67(72)54-50-46-42-37-26-23-19-15-11-7-3/h25,28,30,32,62-64,69H,5-24,26-27,29,31,33-61H2,1-4H3,(H,74,75)(H,76,77)/b28-25-,32-30-/t62-,63+,64+/m0/s1. The molecule has 0 aromatic rings. The highest BCUT2D eigenvalue weighted by Crippen LogP contribution is 2.45. The zero-order valence-electron chi connectivity index (χ0n) is 55.5. The summed E-state index contributed by atoms with van der Waals surface area (Å²) in [4.78, 5) is 72.3. The number of phosphoric ester groups is 2. The van der Waals surface area contributed by atoms with E-state index in [-0.39, 0.29) is 25.7 Å². The second-order valence-electron chi connectivity index (χ2n) is 23.9. The second-order valence-corrected chi connectivity index (χ2v) is 26.8. The van der Waals surface area contributed by atoms with Gasteiger partial charge in [-0.25, -0.2) is 9.13 Å². The average molecular weight is 1280 g/mol. The molecule has 0 aromatic heterocycles. The summed E-state index contributed by atoms with van der Waals surface area (Å²) >= 11 is 0. The molecule has 0 heterocycles. The van der Waals surface area contributed by atoms with Crippen LogP contribution >= 0.6 is 15.6 Å². The highest BCUT2D eigenvalue weighted by molar-refractivity contribution is 7.47. The van der Waals surface area contributed by atoms with E-state index < -0.39 is 97.5 Å². The van der Waals surface area contributed by atoms with Crippen LogP contribution in [-0.2, 0) is 65.4 Å². The third-order valence-corrected chi connectivity index (χ3v) is 17.1. The van der Waals surface area contributed by atoms with E-state index >= 15 is 0 Å². The second kappa shape index (κ2) is 62.4. The lowest BCUT2D eigenvalue weighted by molar-refractivity contribution is -0.161. The number of hydrogen-bond acceptors (Lipinski definition) is 15. The van der Waals surface area contributed by atoms with Crippen LogP contribution in [0.25, 0.3) is 0 Å². The predicted octanol–water partition coefficient (Wildman–Crippen LogP) is 19.1. The molecule has 87 heavy (non-hydrogen) atoms. The van der Waals surface area contributed by atoms with E-state index in [9.17, 15) is 43.2 Å². The van der Waals surface area contributed by atoms with Crippen molar-refractivity contribution in [2.75, 3.05) is 39.6 Å². The maximum atomic E-state index is 13.0. The Bertz CT molecular complexity index is 1760. The van der Waals surface area contributed by atoms with Crippen LogP contribution in [0.3, 0.4) is 0 Å². The predicted molar refractivity (Wildman–Crippen MR) is 349 cm³/mol. The van der Waals surface area contributed by atoms with Gasteiger partial charge in [0.15, 0.2) is 12.2 Å². The number of carbonyl (C=O) groups is 4. The monoisotopic (exact) mass is 1280 g/mol. The van der Waals surface area contributed by atoms with E-state index in [1.54, 1.807) is 0 Å². The van der Waals surface area contributed by atoms with Gasteiger partial charge in [-0.05, 0) is 51.4 Å². The molecular weight excluding hydrogens is 1150 g/mol. The van der Waals surface area contributed by atoms with Crippen molar-refractivity contribution in [2.24, 2.45) is 0 Å². The normalized spacial score (nSPS) is 14.2. The van der Waals surface area contributed by atoms with Crippen molar-refractivity contribution in [1.29, 1.82) is 0 Å². The number of aliphatic hydroxyl groups is 1. The van der Waals surface area contributed by atoms with E-state index in [1.165, 1.54) is 135 Å². The van der Waals surface area contributed by atoms with Gasteiger partial charge in [0, 0.05) is 25.7 Å². The smallest absolute Gasteiger partial charge is 0.462 e. The highest BCUT2D eigenvalue weighted by Gasteiger charge is 2.30. The van der Waals surface area contributed by atoms with Crippen molar-refractivity contribution in [3.05, 3.63) is 24.3 Å². The van der Waals surface area contributed by atoms with Crippen molar-refractivity contribution in [3.63, 3.8) is 0 Å². The van der Waals surface area contributed by atoms with Crippen LogP contribution in [0.4, 0.5) is 0 Å². The summed E-state index contributed by atoms with van der Waals surface area (Å²) < 4.78 is 68.0. The minimum absolute atomic E-state index is 0.0858. The quantitative estimate of drug-likeness (QED) is 0.0169. The molecule has 0 saturated heterocycles. The average Bonchev–Trinajstić information content (AvgIpc) is 3.67. The number of phosphoric acid groups is 2. The van der Waals surface area contributed by atoms with Crippen molar-refractivity contribution in [3.8, 4) is 0 Å². The fourth-order valence-corrected chi connectivity index (χ4v) is 11.4. The Morgan fingerprint density at radius 2 is 0.552 bits per heavy atom. The number of esters is 4. The first-order chi connectivity index (χ1) is 42.2. The molecule has 0 aliphatic carbocycles. The molecule has 0 saturated carbocycles. The van der Waals surface area contributed by atoms with Gasteiger partial charge in [-0.2, -0.15) is 0 Å². The molecule has 0 spiro atoms. The number of aliphatic hydroxyl groups excluding tert-OH is 1. The zero-order valence-corrected chi connectivity index (χ0v) is 57.3. The number of hydrogen-bond donors (Lipinski definition) is 3. The summed E-state index contributed by atoms with van der Waals surface area (Å²) in [5, 5.41) is 10.5. The van der Waals surface area contributed by atoms with E-state index in [4.69, 9.17) is 37.0 Å². The van der Waals surface area contributed by atoms with Gasteiger partial charge in [-0.3, -0.25) is 37.3 Å². The van der Waals surface area contributed by atoms with Gasteiger partial charge in [0.05, 0.1) is 26.4 Å². The summed E-state index contributed by atoms with van der Waals surface area (Å²) in [6.45, 7) is 4.81. The molecule has 2 unspecified atom stereocenters. The molecule has 0 fully saturated rings. The summed E-state index contributed by atoms with van der Waals surface area (Å²) in [6.07, 6.45) is 52.2. The fourth-order valence-electron chi connectivity index (χ4n) is 9.80. The summed E-state index contributed by atoms with van der Waals surface area (Å²) in [7, 11) is -9.90. The molecule has 3 N–H and O–H groups in total. The van der Waals surface area contributed by atoms with E-state index in [2.05, 4.69) is 52.0 Å². The first kappa shape index (κ1) is 84.5. The van der Waals surface area contributed by atoms with Crippen LogP contribution in [0.15, 0.2) is 24.3 Å². The lowest BCUT2D eigenvalue weighted by Crippen LogP contribution is -2.30. The highest BCUT2D eigenvalue weighted by atomic mass is 31.2. The van der Waals surface area contributed by atoms with Gasteiger partial charge < -0.3 is 33.8 Å². The molecule has 0 aliphatic heterocycles. The molecular formula is C68H128O17P2. The molecule has 5 atom stereocenters. The van der Waals surface area contributed by atoms with Gasteiger partial charge in [-0.1, -0.05) is 277 Å². The van der Waals surface area contributed by atoms with Crippen LogP contribution < -0.4 is 0 Å². The van der Waals surface area contributed by atoms with Crippen molar-refractivity contribution >= 4 is 39.5 Å². The van der Waals surface area contributed by atoms with Crippen molar-refractivity contribution in [2.45, 2.75) is 348 Å². The summed E-state index contributed by atoms with van der Waals surface area (Å²) in [6, 6.07) is 0. The first-order valence-corrected chi connectivity index (χ1v) is 38.1. The van der Waals surface area contributed by atoms with Gasteiger partial charge >= 0.3 is 39.5 Å². The van der Waals surface area contributed by atoms with Crippen LogP contribution in [-0.4, -0.2) is 96.7 Å². The third-order valence-electron chi connectivity index (χ3n) is 15.2. The van der Waals surface area contributed by atoms with Gasteiger partial charge in [0.2, 0.25) is 0 Å². The maximum absolute atomic E-state index is 13.0. The van der Waals surface area contributed by atoms with E-state index in [0.29, 0.717) is 25.7 Å². The Labute approximate surface area is 529 Å². The minimum Gasteiger partial charge on any atom is -0.462 e. The zero-order chi connectivity index (χ0) is 64.0. The van der Waals surface area contributed by atoms with Gasteiger partial charge in [0.1, 0.15) is 19.3 Å². The molecule has 0 aliphatic rings. The van der Waals surface area contributed by atoms with Crippen LogP contribution in [0.5, 0.6) is 0 Å². The Balaban J connectivity index is 5.24. The largest absolute Gasteiger partial charge is 0.472 e. The van der Waals surface area contributed by atoms with Crippen molar-refractivity contribution < 1.29 is 80.2 Å². The number of allylic oxidation sites excluding steroid dienone is 4. The molecule has 0 bridgehead atoms. The van der Waals surface area contributed by atoms with Crippen molar-refractivity contribution in [1.82, 2.24) is 0 Å². The summed E-state index contributed by atoms with van der Waals surface area (Å²) in [5.74, 6) is -2.16. The Hall–Kier alpha value is -2.46. The lowest BCUT2D eigenvalue weighted by Gasteiger charge is -2.21. The number of rotatable bonds is 67. The van der Waals surface area contributed by atoms with Crippen LogP contribution in [0.1, 0.15) is 329 Å². The van der Waals surface area contributed by atoms with Crippen LogP contribution in [0.2, 0.25) is 0 Å². The summed E-state index contributed by atoms with van der Waals surface area (Å²) in [5.41, 5.74) is 0. The third kappa shape index (κ3) is 62.1. The minimum atomic E-state index is -4.96. The van der Waals surface area contributed by atoms with Gasteiger partial charge in [-0.15, -0.1) is 0 Å².